The molecule has 0 aliphatic carbocycles. The Bertz CT molecular complexity index is 1340. The van der Waals surface area contributed by atoms with Gasteiger partial charge in [0.25, 0.3) is 0 Å². The number of allylic oxidation sites excluding steroid dienone is 1. The minimum absolute atomic E-state index is 0.110. The first-order valence-corrected chi connectivity index (χ1v) is 10.3. The Morgan fingerprint density at radius 3 is 2.47 bits per heavy atom. The van der Waals surface area contributed by atoms with E-state index in [-0.39, 0.29) is 17.6 Å². The number of benzene rings is 3. The molecule has 5 nitrogen and oxygen atoms in total. The molecule has 4 aromatic rings. The van der Waals surface area contributed by atoms with E-state index >= 15 is 0 Å². The molecular formula is C26H20ClNO4. The molecule has 1 N–H and O–H groups in total. The highest BCUT2D eigenvalue weighted by atomic mass is 35.5. The first-order valence-electron chi connectivity index (χ1n) is 9.94. The standard InChI is InChI=1S/C26H20ClNO4/c1-31-22-12-6-17(7-13-22)25(29)18(15-28-21-10-8-20(27)9-11-21)14-19-16-32-24-5-3-2-4-23(24)26(19)30/h2-13,15-16,28H,14H2,1H3/b18-15+. The first-order chi connectivity index (χ1) is 15.5. The number of Topliss-reactive ketones (excluding diaryl/α,β-unsaturated/α-hetero) is 1. The Morgan fingerprint density at radius 2 is 1.75 bits per heavy atom. The summed E-state index contributed by atoms with van der Waals surface area (Å²) in [6.07, 6.45) is 3.14. The van der Waals surface area contributed by atoms with Crippen molar-refractivity contribution in [1.82, 2.24) is 0 Å². The van der Waals surface area contributed by atoms with Gasteiger partial charge in [-0.05, 0) is 60.7 Å². The maximum atomic E-state index is 13.3. The molecule has 1 heterocycles. The van der Waals surface area contributed by atoms with Crippen LogP contribution in [0.25, 0.3) is 11.0 Å². The van der Waals surface area contributed by atoms with Gasteiger partial charge in [0.2, 0.25) is 0 Å². The van der Waals surface area contributed by atoms with Crippen LogP contribution in [0, 0.1) is 0 Å². The van der Waals surface area contributed by atoms with E-state index in [1.165, 1.54) is 6.26 Å². The van der Waals surface area contributed by atoms with Gasteiger partial charge in [-0.25, -0.2) is 0 Å². The molecule has 0 fully saturated rings. The minimum atomic E-state index is -0.207. The Balaban J connectivity index is 1.70. The number of ketones is 1. The quantitative estimate of drug-likeness (QED) is 0.284. The lowest BCUT2D eigenvalue weighted by molar-refractivity contribution is 0.103. The highest BCUT2D eigenvalue weighted by molar-refractivity contribution is 6.30. The van der Waals surface area contributed by atoms with Crippen LogP contribution in [0.1, 0.15) is 15.9 Å². The van der Waals surface area contributed by atoms with Crippen molar-refractivity contribution in [3.63, 3.8) is 0 Å². The predicted molar refractivity (Wildman–Crippen MR) is 127 cm³/mol. The maximum absolute atomic E-state index is 13.3. The fourth-order valence-electron chi connectivity index (χ4n) is 3.29. The van der Waals surface area contributed by atoms with Gasteiger partial charge in [-0.1, -0.05) is 23.7 Å². The first kappa shape index (κ1) is 21.4. The molecule has 0 saturated heterocycles. The zero-order valence-electron chi connectivity index (χ0n) is 17.3. The predicted octanol–water partition coefficient (Wildman–Crippen LogP) is 5.88. The number of hydrogen-bond donors (Lipinski definition) is 1. The smallest absolute Gasteiger partial charge is 0.196 e. The van der Waals surface area contributed by atoms with Crippen LogP contribution in [-0.4, -0.2) is 12.9 Å². The summed E-state index contributed by atoms with van der Waals surface area (Å²) in [7, 11) is 1.57. The third-order valence-corrected chi connectivity index (χ3v) is 5.29. The number of fused-ring (bicyclic) bond motifs is 1. The van der Waals surface area contributed by atoms with Crippen molar-refractivity contribution in [1.29, 1.82) is 0 Å². The van der Waals surface area contributed by atoms with Crippen LogP contribution >= 0.6 is 11.6 Å². The van der Waals surface area contributed by atoms with Gasteiger partial charge in [-0.15, -0.1) is 0 Å². The SMILES string of the molecule is COc1ccc(C(=O)/C(=C/Nc2ccc(Cl)cc2)Cc2coc3ccccc3c2=O)cc1. The van der Waals surface area contributed by atoms with Crippen LogP contribution in [0.3, 0.4) is 0 Å². The maximum Gasteiger partial charge on any atom is 0.196 e. The van der Waals surface area contributed by atoms with Crippen molar-refractivity contribution in [2.45, 2.75) is 6.42 Å². The number of hydrogen-bond acceptors (Lipinski definition) is 5. The lowest BCUT2D eigenvalue weighted by atomic mass is 9.97. The summed E-state index contributed by atoms with van der Waals surface area (Å²) in [5.74, 6) is 0.447. The summed E-state index contributed by atoms with van der Waals surface area (Å²) >= 11 is 5.95. The highest BCUT2D eigenvalue weighted by Gasteiger charge is 2.16. The van der Waals surface area contributed by atoms with E-state index in [4.69, 9.17) is 20.8 Å². The number of nitrogens with one attached hydrogen (secondary N) is 1. The van der Waals surface area contributed by atoms with Gasteiger partial charge in [-0.3, -0.25) is 9.59 Å². The van der Waals surface area contributed by atoms with Gasteiger partial charge in [-0.2, -0.15) is 0 Å². The van der Waals surface area contributed by atoms with Crippen molar-refractivity contribution < 1.29 is 13.9 Å². The zero-order valence-corrected chi connectivity index (χ0v) is 18.1. The molecule has 4 rings (SSSR count). The summed E-state index contributed by atoms with van der Waals surface area (Å²) in [6, 6.07) is 21.0. The number of carbonyl (C=O) groups is 1. The molecule has 0 radical (unpaired) electrons. The molecule has 0 aliphatic rings. The Morgan fingerprint density at radius 1 is 1.03 bits per heavy atom. The largest absolute Gasteiger partial charge is 0.497 e. The number of carbonyl (C=O) groups excluding carboxylic acids is 1. The van der Waals surface area contributed by atoms with Crippen molar-refractivity contribution in [2.24, 2.45) is 0 Å². The van der Waals surface area contributed by atoms with E-state index < -0.39 is 0 Å². The van der Waals surface area contributed by atoms with Gasteiger partial charge in [0.15, 0.2) is 11.2 Å². The number of methoxy groups -OCH3 is 1. The second-order valence-corrected chi connectivity index (χ2v) is 7.58. The second kappa shape index (κ2) is 9.54. The summed E-state index contributed by atoms with van der Waals surface area (Å²) in [6.45, 7) is 0. The molecule has 3 aromatic carbocycles. The zero-order chi connectivity index (χ0) is 22.5. The van der Waals surface area contributed by atoms with Crippen LogP contribution in [0.15, 0.2) is 100 Å². The molecule has 160 valence electrons. The van der Waals surface area contributed by atoms with E-state index in [0.29, 0.717) is 38.4 Å². The van der Waals surface area contributed by atoms with Gasteiger partial charge in [0.05, 0.1) is 18.8 Å². The second-order valence-electron chi connectivity index (χ2n) is 7.14. The van der Waals surface area contributed by atoms with Gasteiger partial charge in [0.1, 0.15) is 11.3 Å². The van der Waals surface area contributed by atoms with Crippen LogP contribution in [-0.2, 0) is 6.42 Å². The monoisotopic (exact) mass is 445 g/mol. The van der Waals surface area contributed by atoms with Gasteiger partial charge >= 0.3 is 0 Å². The Labute approximate surface area is 189 Å². The Hall–Kier alpha value is -3.83. The number of halogens is 1. The third-order valence-electron chi connectivity index (χ3n) is 5.03. The molecule has 0 saturated carbocycles. The molecule has 0 aliphatic heterocycles. The topological polar surface area (TPSA) is 68.5 Å². The molecule has 6 heteroatoms. The lowest BCUT2D eigenvalue weighted by Crippen LogP contribution is -2.14. The fourth-order valence-corrected chi connectivity index (χ4v) is 3.41. The van der Waals surface area contributed by atoms with Gasteiger partial charge in [0, 0.05) is 40.0 Å². The van der Waals surface area contributed by atoms with Crippen LogP contribution < -0.4 is 15.5 Å². The summed E-state index contributed by atoms with van der Waals surface area (Å²) < 4.78 is 10.8. The average molecular weight is 446 g/mol. The average Bonchev–Trinajstić information content (AvgIpc) is 2.84. The van der Waals surface area contributed by atoms with Crippen LogP contribution in [0.2, 0.25) is 5.02 Å². The highest BCUT2D eigenvalue weighted by Crippen LogP contribution is 2.20. The molecule has 0 atom stereocenters. The molecule has 32 heavy (non-hydrogen) atoms. The van der Waals surface area contributed by atoms with E-state index in [0.717, 1.165) is 5.69 Å². The summed E-state index contributed by atoms with van der Waals surface area (Å²) in [5, 5.41) is 4.22. The van der Waals surface area contributed by atoms with Crippen molar-refractivity contribution >= 4 is 34.0 Å². The van der Waals surface area contributed by atoms with E-state index in [9.17, 15) is 9.59 Å². The normalized spacial score (nSPS) is 11.4. The molecule has 0 bridgehead atoms. The molecule has 0 unspecified atom stereocenters. The number of ether oxygens (including phenoxy) is 1. The summed E-state index contributed by atoms with van der Waals surface area (Å²) in [4.78, 5) is 26.3. The van der Waals surface area contributed by atoms with Gasteiger partial charge < -0.3 is 14.5 Å². The number of para-hydroxylation sites is 1. The molecule has 0 amide bonds. The van der Waals surface area contributed by atoms with Crippen LogP contribution in [0.4, 0.5) is 5.69 Å². The van der Waals surface area contributed by atoms with E-state index in [1.54, 1.807) is 86.1 Å². The Kier molecular flexibility index (Phi) is 6.38. The van der Waals surface area contributed by atoms with E-state index in [1.807, 2.05) is 0 Å². The van der Waals surface area contributed by atoms with Crippen molar-refractivity contribution in [2.75, 3.05) is 12.4 Å². The van der Waals surface area contributed by atoms with Crippen molar-refractivity contribution in [3.05, 3.63) is 117 Å². The lowest BCUT2D eigenvalue weighted by Gasteiger charge is -2.10. The van der Waals surface area contributed by atoms with Crippen LogP contribution in [0.5, 0.6) is 5.75 Å². The minimum Gasteiger partial charge on any atom is -0.497 e. The van der Waals surface area contributed by atoms with E-state index in [2.05, 4.69) is 5.32 Å². The molecule has 1 aromatic heterocycles. The summed E-state index contributed by atoms with van der Waals surface area (Å²) in [5.41, 5.74) is 2.40. The number of anilines is 1. The van der Waals surface area contributed by atoms with Crippen molar-refractivity contribution in [3.8, 4) is 5.75 Å². The molecule has 0 spiro atoms. The number of rotatable bonds is 7. The third kappa shape index (κ3) is 4.74. The fraction of sp³-hybridized carbons (Fsp3) is 0.0769. The molecular weight excluding hydrogens is 426 g/mol.